The molecule has 0 heterocycles. The summed E-state index contributed by atoms with van der Waals surface area (Å²) in [6, 6.07) is 12.7. The van der Waals surface area contributed by atoms with Crippen molar-refractivity contribution in [2.24, 2.45) is 0 Å². The van der Waals surface area contributed by atoms with Gasteiger partial charge in [0.25, 0.3) is 0 Å². The van der Waals surface area contributed by atoms with Gasteiger partial charge in [0, 0.05) is 5.02 Å². The Kier molecular flexibility index (Phi) is 4.17. The number of hydrogen-bond acceptors (Lipinski definition) is 2. The fourth-order valence-electron chi connectivity index (χ4n) is 1.65. The second-order valence-corrected chi connectivity index (χ2v) is 4.52. The standard InChI is InChI=1S/C15H12ClFO2/c1-10(11-6-8-12(16)9-7-11)19-15(18)13-4-2-3-5-14(13)17/h2-10H,1H3. The fraction of sp³-hybridized carbons (Fsp3) is 0.133. The Bertz CT molecular complexity index is 581. The number of esters is 1. The van der Waals surface area contributed by atoms with Crippen LogP contribution in [0.2, 0.25) is 5.02 Å². The van der Waals surface area contributed by atoms with Gasteiger partial charge in [-0.15, -0.1) is 0 Å². The van der Waals surface area contributed by atoms with Crippen LogP contribution >= 0.6 is 11.6 Å². The van der Waals surface area contributed by atoms with Crippen molar-refractivity contribution in [1.29, 1.82) is 0 Å². The highest BCUT2D eigenvalue weighted by Gasteiger charge is 2.16. The van der Waals surface area contributed by atoms with Crippen molar-refractivity contribution in [3.63, 3.8) is 0 Å². The van der Waals surface area contributed by atoms with E-state index >= 15 is 0 Å². The van der Waals surface area contributed by atoms with Gasteiger partial charge in [-0.25, -0.2) is 9.18 Å². The van der Waals surface area contributed by atoms with E-state index in [2.05, 4.69) is 0 Å². The highest BCUT2D eigenvalue weighted by molar-refractivity contribution is 6.30. The Hall–Kier alpha value is -1.87. The maximum absolute atomic E-state index is 13.4. The molecular weight excluding hydrogens is 267 g/mol. The highest BCUT2D eigenvalue weighted by Crippen LogP contribution is 2.21. The Morgan fingerprint density at radius 1 is 1.16 bits per heavy atom. The number of ether oxygens (including phenoxy) is 1. The van der Waals surface area contributed by atoms with Crippen molar-refractivity contribution in [1.82, 2.24) is 0 Å². The van der Waals surface area contributed by atoms with Gasteiger partial charge in [-0.1, -0.05) is 35.9 Å². The fourth-order valence-corrected chi connectivity index (χ4v) is 1.78. The summed E-state index contributed by atoms with van der Waals surface area (Å²) < 4.78 is 18.6. The normalized spacial score (nSPS) is 11.9. The molecule has 0 aliphatic rings. The summed E-state index contributed by atoms with van der Waals surface area (Å²) in [5, 5.41) is 0.608. The molecule has 0 fully saturated rings. The summed E-state index contributed by atoms with van der Waals surface area (Å²) in [5.41, 5.74) is 0.734. The molecular formula is C15H12ClFO2. The molecule has 98 valence electrons. The molecule has 0 aromatic heterocycles. The first-order valence-electron chi connectivity index (χ1n) is 5.79. The van der Waals surface area contributed by atoms with E-state index in [0.29, 0.717) is 5.02 Å². The number of carbonyl (C=O) groups is 1. The van der Waals surface area contributed by atoms with Gasteiger partial charge in [0.1, 0.15) is 11.9 Å². The molecule has 0 radical (unpaired) electrons. The van der Waals surface area contributed by atoms with Crippen LogP contribution in [0.15, 0.2) is 48.5 Å². The van der Waals surface area contributed by atoms with Crippen LogP contribution in [0.3, 0.4) is 0 Å². The zero-order chi connectivity index (χ0) is 13.8. The number of benzene rings is 2. The predicted octanol–water partition coefficient (Wildman–Crippen LogP) is 4.40. The van der Waals surface area contributed by atoms with Crippen LogP contribution in [-0.2, 0) is 4.74 Å². The molecule has 2 aromatic carbocycles. The van der Waals surface area contributed by atoms with E-state index in [9.17, 15) is 9.18 Å². The summed E-state index contributed by atoms with van der Waals surface area (Å²) in [7, 11) is 0. The molecule has 0 aliphatic heterocycles. The molecule has 19 heavy (non-hydrogen) atoms. The Morgan fingerprint density at radius 2 is 1.79 bits per heavy atom. The minimum Gasteiger partial charge on any atom is -0.454 e. The molecule has 2 nitrogen and oxygen atoms in total. The van der Waals surface area contributed by atoms with Crippen molar-refractivity contribution in [3.05, 3.63) is 70.5 Å². The summed E-state index contributed by atoms with van der Waals surface area (Å²) >= 11 is 5.78. The SMILES string of the molecule is CC(OC(=O)c1ccccc1F)c1ccc(Cl)cc1. The number of halogens is 2. The van der Waals surface area contributed by atoms with E-state index in [1.54, 1.807) is 37.3 Å². The van der Waals surface area contributed by atoms with Crippen LogP contribution in [0.1, 0.15) is 28.9 Å². The molecule has 0 amide bonds. The maximum Gasteiger partial charge on any atom is 0.341 e. The Labute approximate surface area is 115 Å². The van der Waals surface area contributed by atoms with E-state index in [-0.39, 0.29) is 5.56 Å². The lowest BCUT2D eigenvalue weighted by molar-refractivity contribution is 0.0332. The zero-order valence-corrected chi connectivity index (χ0v) is 11.0. The summed E-state index contributed by atoms with van der Waals surface area (Å²) in [5.74, 6) is -1.27. The Morgan fingerprint density at radius 3 is 2.42 bits per heavy atom. The van der Waals surface area contributed by atoms with Crippen LogP contribution in [-0.4, -0.2) is 5.97 Å². The number of hydrogen-bond donors (Lipinski definition) is 0. The van der Waals surface area contributed by atoms with Crippen molar-refractivity contribution in [3.8, 4) is 0 Å². The van der Waals surface area contributed by atoms with Gasteiger partial charge in [0.05, 0.1) is 5.56 Å². The van der Waals surface area contributed by atoms with E-state index in [4.69, 9.17) is 16.3 Å². The minimum absolute atomic E-state index is 0.0664. The van der Waals surface area contributed by atoms with Crippen LogP contribution in [0.25, 0.3) is 0 Å². The first-order chi connectivity index (χ1) is 9.08. The Balaban J connectivity index is 2.11. The van der Waals surface area contributed by atoms with Crippen LogP contribution in [0, 0.1) is 5.82 Å². The molecule has 0 saturated heterocycles. The van der Waals surface area contributed by atoms with Crippen LogP contribution in [0.4, 0.5) is 4.39 Å². The van der Waals surface area contributed by atoms with Crippen molar-refractivity contribution in [2.75, 3.05) is 0 Å². The molecule has 4 heteroatoms. The summed E-state index contributed by atoms with van der Waals surface area (Å²) in [6.07, 6.45) is -0.468. The molecule has 1 unspecified atom stereocenters. The molecule has 1 atom stereocenters. The van der Waals surface area contributed by atoms with Gasteiger partial charge < -0.3 is 4.74 Å². The molecule has 0 spiro atoms. The van der Waals surface area contributed by atoms with Gasteiger partial charge >= 0.3 is 5.97 Å². The first-order valence-corrected chi connectivity index (χ1v) is 6.16. The summed E-state index contributed by atoms with van der Waals surface area (Å²) in [6.45, 7) is 1.72. The van der Waals surface area contributed by atoms with E-state index in [0.717, 1.165) is 5.56 Å². The third-order valence-corrected chi connectivity index (χ3v) is 2.97. The third-order valence-electron chi connectivity index (χ3n) is 2.72. The van der Waals surface area contributed by atoms with Crippen molar-refractivity contribution < 1.29 is 13.9 Å². The van der Waals surface area contributed by atoms with E-state index in [1.165, 1.54) is 18.2 Å². The molecule has 0 aliphatic carbocycles. The van der Waals surface area contributed by atoms with Gasteiger partial charge in [-0.2, -0.15) is 0 Å². The van der Waals surface area contributed by atoms with Crippen molar-refractivity contribution >= 4 is 17.6 Å². The lowest BCUT2D eigenvalue weighted by Crippen LogP contribution is -2.10. The monoisotopic (exact) mass is 278 g/mol. The molecule has 0 N–H and O–H groups in total. The lowest BCUT2D eigenvalue weighted by Gasteiger charge is -2.14. The second-order valence-electron chi connectivity index (χ2n) is 4.08. The smallest absolute Gasteiger partial charge is 0.341 e. The average molecular weight is 279 g/mol. The molecule has 2 rings (SSSR count). The largest absolute Gasteiger partial charge is 0.454 e. The van der Waals surface area contributed by atoms with E-state index in [1.807, 2.05) is 0 Å². The highest BCUT2D eigenvalue weighted by atomic mass is 35.5. The van der Waals surface area contributed by atoms with Gasteiger partial charge in [-0.3, -0.25) is 0 Å². The predicted molar refractivity (Wildman–Crippen MR) is 71.7 cm³/mol. The average Bonchev–Trinajstić information content (AvgIpc) is 2.39. The number of rotatable bonds is 3. The third kappa shape index (κ3) is 3.32. The maximum atomic E-state index is 13.4. The molecule has 0 bridgehead atoms. The number of carbonyl (C=O) groups excluding carboxylic acids is 1. The van der Waals surface area contributed by atoms with Gasteiger partial charge in [0.2, 0.25) is 0 Å². The van der Waals surface area contributed by atoms with E-state index < -0.39 is 17.9 Å². The second kappa shape index (κ2) is 5.85. The van der Waals surface area contributed by atoms with Crippen LogP contribution < -0.4 is 0 Å². The van der Waals surface area contributed by atoms with Gasteiger partial charge in [0.15, 0.2) is 0 Å². The topological polar surface area (TPSA) is 26.3 Å². The summed E-state index contributed by atoms with van der Waals surface area (Å²) in [4.78, 5) is 11.8. The zero-order valence-electron chi connectivity index (χ0n) is 10.3. The first kappa shape index (κ1) is 13.6. The quantitative estimate of drug-likeness (QED) is 0.778. The van der Waals surface area contributed by atoms with Crippen molar-refractivity contribution in [2.45, 2.75) is 13.0 Å². The lowest BCUT2D eigenvalue weighted by atomic mass is 10.1. The van der Waals surface area contributed by atoms with Crippen LogP contribution in [0.5, 0.6) is 0 Å². The minimum atomic E-state index is -0.680. The van der Waals surface area contributed by atoms with Gasteiger partial charge in [-0.05, 0) is 36.8 Å². The molecule has 2 aromatic rings. The molecule has 0 saturated carbocycles.